The van der Waals surface area contributed by atoms with Crippen LogP contribution in [0, 0.1) is 17.0 Å². The number of hydrogen-bond acceptors (Lipinski definition) is 4. The van der Waals surface area contributed by atoms with Crippen molar-refractivity contribution in [3.63, 3.8) is 0 Å². The number of nitrogens with zero attached hydrogens (tertiary/aromatic N) is 1. The zero-order valence-electron chi connectivity index (χ0n) is 11.4. The zero-order valence-corrected chi connectivity index (χ0v) is 11.4. The van der Waals surface area contributed by atoms with Crippen LogP contribution in [0.1, 0.15) is 26.3 Å². The Labute approximate surface area is 108 Å². The van der Waals surface area contributed by atoms with Gasteiger partial charge in [0.25, 0.3) is 5.69 Å². The molecule has 0 radical (unpaired) electrons. The molecule has 0 spiro atoms. The van der Waals surface area contributed by atoms with Crippen LogP contribution < -0.4 is 10.6 Å². The molecule has 0 saturated heterocycles. The molecule has 1 aromatic rings. The standard InChI is InChI=1S/C13H21N3O2/c1-10-5-6-11(16(17)18)9-12(10)14-7-8-15-13(2,3)4/h5-6,9,14-15H,7-8H2,1-4H3. The molecule has 0 amide bonds. The summed E-state index contributed by atoms with van der Waals surface area (Å²) >= 11 is 0. The second-order valence-electron chi connectivity index (χ2n) is 5.36. The predicted molar refractivity (Wildman–Crippen MR) is 74.1 cm³/mol. The highest BCUT2D eigenvalue weighted by atomic mass is 16.6. The minimum absolute atomic E-state index is 0.0827. The van der Waals surface area contributed by atoms with E-state index in [1.54, 1.807) is 12.1 Å². The minimum atomic E-state index is -0.377. The van der Waals surface area contributed by atoms with Crippen molar-refractivity contribution in [3.8, 4) is 0 Å². The molecule has 0 atom stereocenters. The number of nitro benzene ring substituents is 1. The fourth-order valence-corrected chi connectivity index (χ4v) is 1.55. The van der Waals surface area contributed by atoms with Crippen LogP contribution in [-0.4, -0.2) is 23.6 Å². The van der Waals surface area contributed by atoms with Crippen molar-refractivity contribution in [2.45, 2.75) is 33.2 Å². The largest absolute Gasteiger partial charge is 0.383 e. The molecule has 5 nitrogen and oxygen atoms in total. The fraction of sp³-hybridized carbons (Fsp3) is 0.538. The molecule has 1 rings (SSSR count). The van der Waals surface area contributed by atoms with E-state index in [2.05, 4.69) is 31.4 Å². The first-order valence-electron chi connectivity index (χ1n) is 6.03. The van der Waals surface area contributed by atoms with Crippen LogP contribution in [0.4, 0.5) is 11.4 Å². The van der Waals surface area contributed by atoms with Crippen LogP contribution in [0.3, 0.4) is 0 Å². The van der Waals surface area contributed by atoms with Crippen molar-refractivity contribution in [2.24, 2.45) is 0 Å². The first-order chi connectivity index (χ1) is 8.29. The third-order valence-corrected chi connectivity index (χ3v) is 2.53. The molecule has 0 aliphatic heterocycles. The van der Waals surface area contributed by atoms with Crippen LogP contribution in [-0.2, 0) is 0 Å². The number of anilines is 1. The molecule has 100 valence electrons. The van der Waals surface area contributed by atoms with Crippen molar-refractivity contribution in [2.75, 3.05) is 18.4 Å². The van der Waals surface area contributed by atoms with Gasteiger partial charge in [0, 0.05) is 36.4 Å². The number of aryl methyl sites for hydroxylation is 1. The van der Waals surface area contributed by atoms with Crippen molar-refractivity contribution in [3.05, 3.63) is 33.9 Å². The van der Waals surface area contributed by atoms with E-state index >= 15 is 0 Å². The summed E-state index contributed by atoms with van der Waals surface area (Å²) in [6.07, 6.45) is 0. The topological polar surface area (TPSA) is 67.2 Å². The summed E-state index contributed by atoms with van der Waals surface area (Å²) < 4.78 is 0. The van der Waals surface area contributed by atoms with Crippen LogP contribution in [0.5, 0.6) is 0 Å². The lowest BCUT2D eigenvalue weighted by molar-refractivity contribution is -0.384. The molecular formula is C13H21N3O2. The van der Waals surface area contributed by atoms with Gasteiger partial charge in [-0.25, -0.2) is 0 Å². The van der Waals surface area contributed by atoms with Gasteiger partial charge in [0.05, 0.1) is 4.92 Å². The Morgan fingerprint density at radius 2 is 1.94 bits per heavy atom. The van der Waals surface area contributed by atoms with E-state index in [1.165, 1.54) is 6.07 Å². The van der Waals surface area contributed by atoms with Crippen molar-refractivity contribution in [1.29, 1.82) is 0 Å². The number of nitro groups is 1. The number of non-ortho nitro benzene ring substituents is 1. The van der Waals surface area contributed by atoms with Gasteiger partial charge in [0.1, 0.15) is 0 Å². The molecule has 0 fully saturated rings. The summed E-state index contributed by atoms with van der Waals surface area (Å²) in [5, 5.41) is 17.3. The first kappa shape index (κ1) is 14.4. The van der Waals surface area contributed by atoms with E-state index in [0.29, 0.717) is 0 Å². The number of hydrogen-bond donors (Lipinski definition) is 2. The minimum Gasteiger partial charge on any atom is -0.383 e. The summed E-state index contributed by atoms with van der Waals surface area (Å²) in [6, 6.07) is 4.86. The summed E-state index contributed by atoms with van der Waals surface area (Å²) in [4.78, 5) is 10.3. The van der Waals surface area contributed by atoms with E-state index in [4.69, 9.17) is 0 Å². The molecule has 0 bridgehead atoms. The predicted octanol–water partition coefficient (Wildman–Crippen LogP) is 2.70. The van der Waals surface area contributed by atoms with Crippen molar-refractivity contribution in [1.82, 2.24) is 5.32 Å². The van der Waals surface area contributed by atoms with E-state index in [9.17, 15) is 10.1 Å². The Bertz CT molecular complexity index is 425. The highest BCUT2D eigenvalue weighted by Crippen LogP contribution is 2.21. The molecule has 0 aliphatic carbocycles. The Kier molecular flexibility index (Phi) is 4.67. The molecule has 2 N–H and O–H groups in total. The van der Waals surface area contributed by atoms with Gasteiger partial charge >= 0.3 is 0 Å². The van der Waals surface area contributed by atoms with Gasteiger partial charge in [-0.3, -0.25) is 10.1 Å². The zero-order chi connectivity index (χ0) is 13.8. The average Bonchev–Trinajstić information content (AvgIpc) is 2.24. The molecular weight excluding hydrogens is 230 g/mol. The molecule has 18 heavy (non-hydrogen) atoms. The normalized spacial score (nSPS) is 11.3. The second-order valence-corrected chi connectivity index (χ2v) is 5.36. The quantitative estimate of drug-likeness (QED) is 0.479. The van der Waals surface area contributed by atoms with E-state index in [-0.39, 0.29) is 16.1 Å². The van der Waals surface area contributed by atoms with Crippen molar-refractivity contribution < 1.29 is 4.92 Å². The fourth-order valence-electron chi connectivity index (χ4n) is 1.55. The molecule has 0 heterocycles. The van der Waals surface area contributed by atoms with E-state index < -0.39 is 0 Å². The Balaban J connectivity index is 2.56. The maximum Gasteiger partial charge on any atom is 0.271 e. The lowest BCUT2D eigenvalue weighted by atomic mass is 10.1. The number of benzene rings is 1. The maximum absolute atomic E-state index is 10.7. The number of rotatable bonds is 5. The first-order valence-corrected chi connectivity index (χ1v) is 6.03. The highest BCUT2D eigenvalue weighted by Gasteiger charge is 2.09. The van der Waals surface area contributed by atoms with Gasteiger partial charge in [0.15, 0.2) is 0 Å². The summed E-state index contributed by atoms with van der Waals surface area (Å²) in [5.74, 6) is 0. The second kappa shape index (κ2) is 5.82. The number of nitrogens with one attached hydrogen (secondary N) is 2. The Hall–Kier alpha value is -1.62. The van der Waals surface area contributed by atoms with E-state index in [0.717, 1.165) is 24.3 Å². The maximum atomic E-state index is 10.7. The summed E-state index contributed by atoms with van der Waals surface area (Å²) in [5.41, 5.74) is 2.03. The summed E-state index contributed by atoms with van der Waals surface area (Å²) in [6.45, 7) is 9.79. The smallest absolute Gasteiger partial charge is 0.271 e. The summed E-state index contributed by atoms with van der Waals surface area (Å²) in [7, 11) is 0. The van der Waals surface area contributed by atoms with Crippen LogP contribution in [0.15, 0.2) is 18.2 Å². The van der Waals surface area contributed by atoms with Crippen LogP contribution in [0.2, 0.25) is 0 Å². The molecule has 0 unspecified atom stereocenters. The molecule has 1 aromatic carbocycles. The lowest BCUT2D eigenvalue weighted by Crippen LogP contribution is -2.38. The van der Waals surface area contributed by atoms with Gasteiger partial charge in [-0.15, -0.1) is 0 Å². The van der Waals surface area contributed by atoms with Gasteiger partial charge < -0.3 is 10.6 Å². The Morgan fingerprint density at radius 3 is 2.50 bits per heavy atom. The highest BCUT2D eigenvalue weighted by molar-refractivity contribution is 5.56. The van der Waals surface area contributed by atoms with Gasteiger partial charge in [-0.2, -0.15) is 0 Å². The van der Waals surface area contributed by atoms with Gasteiger partial charge in [-0.05, 0) is 33.3 Å². The monoisotopic (exact) mass is 251 g/mol. The average molecular weight is 251 g/mol. The molecule has 0 aliphatic rings. The lowest BCUT2D eigenvalue weighted by Gasteiger charge is -2.21. The van der Waals surface area contributed by atoms with E-state index in [1.807, 2.05) is 6.92 Å². The third kappa shape index (κ3) is 4.71. The molecule has 0 aromatic heterocycles. The Morgan fingerprint density at radius 1 is 1.28 bits per heavy atom. The van der Waals surface area contributed by atoms with Gasteiger partial charge in [-0.1, -0.05) is 6.07 Å². The van der Waals surface area contributed by atoms with Crippen molar-refractivity contribution >= 4 is 11.4 Å². The molecule has 5 heteroatoms. The SMILES string of the molecule is Cc1ccc([N+](=O)[O-])cc1NCCNC(C)(C)C. The van der Waals surface area contributed by atoms with Crippen LogP contribution >= 0.6 is 0 Å². The van der Waals surface area contributed by atoms with Crippen LogP contribution in [0.25, 0.3) is 0 Å². The molecule has 0 saturated carbocycles. The third-order valence-electron chi connectivity index (χ3n) is 2.53. The van der Waals surface area contributed by atoms with Gasteiger partial charge in [0.2, 0.25) is 0 Å².